The van der Waals surface area contributed by atoms with Crippen molar-refractivity contribution < 1.29 is 29.3 Å². The molecule has 1 saturated carbocycles. The number of aliphatic carboxylic acids is 1. The Morgan fingerprint density at radius 3 is 2.40 bits per heavy atom. The zero-order valence-electron chi connectivity index (χ0n) is 17.8. The van der Waals surface area contributed by atoms with Crippen LogP contribution >= 0.6 is 0 Å². The van der Waals surface area contributed by atoms with Crippen LogP contribution in [-0.4, -0.2) is 46.4 Å². The van der Waals surface area contributed by atoms with E-state index in [1.807, 2.05) is 0 Å². The Hall–Kier alpha value is -2.77. The first-order chi connectivity index (χ1) is 14.0. The predicted octanol–water partition coefficient (Wildman–Crippen LogP) is 2.84. The zero-order chi connectivity index (χ0) is 22.3. The number of phenols is 1. The van der Waals surface area contributed by atoms with Gasteiger partial charge in [-0.2, -0.15) is 0 Å². The fourth-order valence-corrected chi connectivity index (χ4v) is 3.58. The normalized spacial score (nSPS) is 20.1. The first-order valence-corrected chi connectivity index (χ1v) is 10.3. The van der Waals surface area contributed by atoms with Gasteiger partial charge in [-0.05, 0) is 70.1 Å². The van der Waals surface area contributed by atoms with E-state index in [-0.39, 0.29) is 29.9 Å². The molecular weight excluding hydrogens is 388 g/mol. The topological polar surface area (TPSA) is 125 Å². The molecule has 0 saturated heterocycles. The number of benzene rings is 1. The van der Waals surface area contributed by atoms with Crippen molar-refractivity contribution in [3.05, 3.63) is 29.8 Å². The SMILES string of the molecule is CC(C)(C)OC(=O)NCC1CCC(C(=O)NC(Cc2cccc(O)c2)C(=O)O)CC1. The molecule has 8 heteroatoms. The highest BCUT2D eigenvalue weighted by Gasteiger charge is 2.30. The molecule has 1 unspecified atom stereocenters. The van der Waals surface area contributed by atoms with Gasteiger partial charge in [0.15, 0.2) is 0 Å². The molecule has 1 aromatic rings. The molecule has 1 aliphatic carbocycles. The average Bonchev–Trinajstić information content (AvgIpc) is 2.65. The Labute approximate surface area is 177 Å². The summed E-state index contributed by atoms with van der Waals surface area (Å²) < 4.78 is 5.23. The summed E-state index contributed by atoms with van der Waals surface area (Å²) in [5.41, 5.74) is 0.0959. The Morgan fingerprint density at radius 1 is 1.17 bits per heavy atom. The molecule has 1 atom stereocenters. The van der Waals surface area contributed by atoms with Crippen LogP contribution in [0, 0.1) is 11.8 Å². The number of nitrogens with one attached hydrogen (secondary N) is 2. The number of carbonyl (C=O) groups excluding carboxylic acids is 2. The summed E-state index contributed by atoms with van der Waals surface area (Å²) in [4.78, 5) is 35.9. The molecule has 4 N–H and O–H groups in total. The van der Waals surface area contributed by atoms with Crippen molar-refractivity contribution in [2.45, 2.75) is 64.5 Å². The number of ether oxygens (including phenoxy) is 1. The van der Waals surface area contributed by atoms with Gasteiger partial charge in [-0.1, -0.05) is 12.1 Å². The van der Waals surface area contributed by atoms with Gasteiger partial charge >= 0.3 is 12.1 Å². The van der Waals surface area contributed by atoms with E-state index in [0.29, 0.717) is 24.9 Å². The number of carboxylic acid groups (broad SMARTS) is 1. The highest BCUT2D eigenvalue weighted by molar-refractivity contribution is 5.85. The predicted molar refractivity (Wildman–Crippen MR) is 111 cm³/mol. The number of alkyl carbamates (subject to hydrolysis) is 1. The number of aromatic hydroxyl groups is 1. The number of hydrogen-bond donors (Lipinski definition) is 4. The summed E-state index contributed by atoms with van der Waals surface area (Å²) in [5, 5.41) is 24.4. The van der Waals surface area contributed by atoms with Crippen LogP contribution in [0.3, 0.4) is 0 Å². The number of carboxylic acids is 1. The lowest BCUT2D eigenvalue weighted by atomic mass is 9.81. The minimum Gasteiger partial charge on any atom is -0.508 e. The van der Waals surface area contributed by atoms with Gasteiger partial charge in [0.1, 0.15) is 17.4 Å². The van der Waals surface area contributed by atoms with Gasteiger partial charge in [0.05, 0.1) is 0 Å². The molecule has 30 heavy (non-hydrogen) atoms. The smallest absolute Gasteiger partial charge is 0.407 e. The van der Waals surface area contributed by atoms with E-state index >= 15 is 0 Å². The minimum absolute atomic E-state index is 0.0567. The number of amides is 2. The monoisotopic (exact) mass is 420 g/mol. The molecule has 1 fully saturated rings. The van der Waals surface area contributed by atoms with Gasteiger partial charge in [-0.3, -0.25) is 4.79 Å². The van der Waals surface area contributed by atoms with Gasteiger partial charge in [-0.25, -0.2) is 9.59 Å². The van der Waals surface area contributed by atoms with Crippen LogP contribution in [0.5, 0.6) is 5.75 Å². The molecule has 1 aliphatic rings. The molecule has 0 aromatic heterocycles. The van der Waals surface area contributed by atoms with Crippen molar-refractivity contribution in [2.75, 3.05) is 6.54 Å². The van der Waals surface area contributed by atoms with Crippen molar-refractivity contribution in [2.24, 2.45) is 11.8 Å². The third kappa shape index (κ3) is 7.93. The first kappa shape index (κ1) is 23.5. The van der Waals surface area contributed by atoms with E-state index in [1.165, 1.54) is 12.1 Å². The summed E-state index contributed by atoms with van der Waals surface area (Å²) >= 11 is 0. The third-order valence-electron chi connectivity index (χ3n) is 5.12. The number of rotatable bonds is 7. The molecule has 8 nitrogen and oxygen atoms in total. The van der Waals surface area contributed by atoms with Crippen molar-refractivity contribution >= 4 is 18.0 Å². The third-order valence-corrected chi connectivity index (χ3v) is 5.12. The first-order valence-electron chi connectivity index (χ1n) is 10.3. The second-order valence-electron chi connectivity index (χ2n) is 8.87. The number of hydrogen-bond acceptors (Lipinski definition) is 5. The number of phenolic OH excluding ortho intramolecular Hbond substituents is 1. The van der Waals surface area contributed by atoms with Crippen LogP contribution in [0.15, 0.2) is 24.3 Å². The van der Waals surface area contributed by atoms with Crippen LogP contribution in [0.25, 0.3) is 0 Å². The molecule has 0 radical (unpaired) electrons. The van der Waals surface area contributed by atoms with Crippen molar-refractivity contribution in [1.82, 2.24) is 10.6 Å². The Morgan fingerprint density at radius 2 is 1.83 bits per heavy atom. The van der Waals surface area contributed by atoms with Gasteiger partial charge in [0.2, 0.25) is 5.91 Å². The van der Waals surface area contributed by atoms with Gasteiger partial charge in [0.25, 0.3) is 0 Å². The molecule has 0 aliphatic heterocycles. The van der Waals surface area contributed by atoms with E-state index in [1.54, 1.807) is 32.9 Å². The van der Waals surface area contributed by atoms with Crippen LogP contribution in [0.1, 0.15) is 52.0 Å². The Kier molecular flexibility index (Phi) is 8.08. The van der Waals surface area contributed by atoms with Crippen LogP contribution in [-0.2, 0) is 20.7 Å². The van der Waals surface area contributed by atoms with Crippen molar-refractivity contribution in [3.8, 4) is 5.75 Å². The molecule has 166 valence electrons. The molecule has 0 bridgehead atoms. The molecule has 2 rings (SSSR count). The standard InChI is InChI=1S/C22H32N2O6/c1-22(2,3)30-21(29)23-13-14-7-9-16(10-8-14)19(26)24-18(20(27)28)12-15-5-4-6-17(25)11-15/h4-6,11,14,16,18,25H,7-10,12-13H2,1-3H3,(H,23,29)(H,24,26)(H,27,28). The summed E-state index contributed by atoms with van der Waals surface area (Å²) in [5.74, 6) is -1.29. The lowest BCUT2D eigenvalue weighted by molar-refractivity contribution is -0.142. The van der Waals surface area contributed by atoms with Crippen molar-refractivity contribution in [3.63, 3.8) is 0 Å². The lowest BCUT2D eigenvalue weighted by Crippen LogP contribution is -2.46. The lowest BCUT2D eigenvalue weighted by Gasteiger charge is -2.29. The second kappa shape index (κ2) is 10.3. The fraction of sp³-hybridized carbons (Fsp3) is 0.591. The number of carbonyl (C=O) groups is 3. The van der Waals surface area contributed by atoms with E-state index in [9.17, 15) is 24.6 Å². The van der Waals surface area contributed by atoms with E-state index in [0.717, 1.165) is 12.8 Å². The maximum absolute atomic E-state index is 12.6. The zero-order valence-corrected chi connectivity index (χ0v) is 17.8. The molecule has 0 spiro atoms. The Bertz CT molecular complexity index is 750. The van der Waals surface area contributed by atoms with Crippen LogP contribution in [0.2, 0.25) is 0 Å². The van der Waals surface area contributed by atoms with E-state index < -0.39 is 23.7 Å². The second-order valence-corrected chi connectivity index (χ2v) is 8.87. The van der Waals surface area contributed by atoms with Gasteiger partial charge in [-0.15, -0.1) is 0 Å². The molecular formula is C22H32N2O6. The quantitative estimate of drug-likeness (QED) is 0.538. The van der Waals surface area contributed by atoms with Gasteiger partial charge in [0, 0.05) is 18.9 Å². The van der Waals surface area contributed by atoms with Gasteiger partial charge < -0.3 is 25.6 Å². The molecule has 1 aromatic carbocycles. The summed E-state index contributed by atoms with van der Waals surface area (Å²) in [6.07, 6.45) is 2.50. The largest absolute Gasteiger partial charge is 0.508 e. The summed E-state index contributed by atoms with van der Waals surface area (Å²) in [6, 6.07) is 5.30. The van der Waals surface area contributed by atoms with Crippen LogP contribution in [0.4, 0.5) is 4.79 Å². The Balaban J connectivity index is 1.79. The molecule has 0 heterocycles. The fourth-order valence-electron chi connectivity index (χ4n) is 3.58. The van der Waals surface area contributed by atoms with E-state index in [2.05, 4.69) is 10.6 Å². The molecule has 2 amide bonds. The maximum atomic E-state index is 12.6. The summed E-state index contributed by atoms with van der Waals surface area (Å²) in [6.45, 7) is 5.92. The minimum atomic E-state index is -1.11. The average molecular weight is 421 g/mol. The highest BCUT2D eigenvalue weighted by atomic mass is 16.6. The summed E-state index contributed by atoms with van der Waals surface area (Å²) in [7, 11) is 0. The maximum Gasteiger partial charge on any atom is 0.407 e. The highest BCUT2D eigenvalue weighted by Crippen LogP contribution is 2.29. The van der Waals surface area contributed by atoms with Crippen LogP contribution < -0.4 is 10.6 Å². The van der Waals surface area contributed by atoms with Crippen molar-refractivity contribution in [1.29, 1.82) is 0 Å². The van der Waals surface area contributed by atoms with E-state index in [4.69, 9.17) is 4.74 Å².